The van der Waals surface area contributed by atoms with E-state index in [2.05, 4.69) is 15.3 Å². The van der Waals surface area contributed by atoms with Crippen molar-refractivity contribution < 1.29 is 9.21 Å². The van der Waals surface area contributed by atoms with E-state index in [9.17, 15) is 14.4 Å². The highest BCUT2D eigenvalue weighted by molar-refractivity contribution is 6.02. The third kappa shape index (κ3) is 2.12. The molecule has 1 aromatic carbocycles. The largest absolute Gasteiger partial charge is 0.459 e. The predicted molar refractivity (Wildman–Crippen MR) is 71.9 cm³/mol. The number of H-pyrrole nitrogens is 2. The van der Waals surface area contributed by atoms with Gasteiger partial charge >= 0.3 is 11.1 Å². The summed E-state index contributed by atoms with van der Waals surface area (Å²) in [6.45, 7) is 0. The molecule has 0 aliphatic rings. The zero-order valence-corrected chi connectivity index (χ0v) is 10.1. The minimum absolute atomic E-state index is 0.181. The van der Waals surface area contributed by atoms with Gasteiger partial charge < -0.3 is 19.7 Å². The van der Waals surface area contributed by atoms with Crippen molar-refractivity contribution >= 4 is 22.6 Å². The van der Waals surface area contributed by atoms with Crippen LogP contribution in [-0.4, -0.2) is 15.9 Å². The van der Waals surface area contributed by atoms with Gasteiger partial charge in [0.2, 0.25) is 0 Å². The molecular weight excluding hydrogens is 262 g/mol. The van der Waals surface area contributed by atoms with Crippen molar-refractivity contribution in [2.24, 2.45) is 0 Å². The number of furan rings is 1. The predicted octanol–water partition coefficient (Wildman–Crippen LogP) is 1.06. The normalized spacial score (nSPS) is 10.6. The molecule has 0 atom stereocenters. The molecule has 0 fully saturated rings. The Balaban J connectivity index is 1.97. The number of hydrogen-bond acceptors (Lipinski definition) is 4. The summed E-state index contributed by atoms with van der Waals surface area (Å²) < 4.78 is 4.97. The van der Waals surface area contributed by atoms with E-state index in [0.29, 0.717) is 16.7 Å². The van der Waals surface area contributed by atoms with Crippen molar-refractivity contribution in [1.82, 2.24) is 9.97 Å². The molecule has 0 aliphatic heterocycles. The zero-order chi connectivity index (χ0) is 14.1. The molecule has 0 saturated heterocycles. The number of carbonyl (C=O) groups excluding carboxylic acids is 1. The molecule has 3 aromatic rings. The lowest BCUT2D eigenvalue weighted by atomic mass is 10.2. The number of hydrogen-bond donors (Lipinski definition) is 3. The average Bonchev–Trinajstić information content (AvgIpc) is 2.94. The van der Waals surface area contributed by atoms with Crippen LogP contribution in [0.5, 0.6) is 0 Å². The van der Waals surface area contributed by atoms with Crippen molar-refractivity contribution in [1.29, 1.82) is 0 Å². The number of amides is 1. The number of nitrogens with one attached hydrogen (secondary N) is 3. The highest BCUT2D eigenvalue weighted by Crippen LogP contribution is 2.15. The van der Waals surface area contributed by atoms with Gasteiger partial charge in [0, 0.05) is 5.69 Å². The summed E-state index contributed by atoms with van der Waals surface area (Å²) in [6, 6.07) is 7.89. The molecule has 7 heteroatoms. The molecule has 1 amide bonds. The maximum Gasteiger partial charge on any atom is 0.314 e. The molecule has 20 heavy (non-hydrogen) atoms. The van der Waals surface area contributed by atoms with Crippen LogP contribution in [0.2, 0.25) is 0 Å². The molecule has 3 rings (SSSR count). The molecule has 0 unspecified atom stereocenters. The first kappa shape index (κ1) is 12.0. The SMILES string of the molecule is O=C(Nc1ccc2[nH]c(=O)c(=O)[nH]c2c1)c1ccco1. The summed E-state index contributed by atoms with van der Waals surface area (Å²) in [4.78, 5) is 39.1. The lowest BCUT2D eigenvalue weighted by Gasteiger charge is -2.04. The van der Waals surface area contributed by atoms with E-state index in [0.717, 1.165) is 0 Å². The molecule has 0 saturated carbocycles. The van der Waals surface area contributed by atoms with Gasteiger partial charge in [-0.25, -0.2) is 0 Å². The second-order valence-corrected chi connectivity index (χ2v) is 4.10. The van der Waals surface area contributed by atoms with Gasteiger partial charge in [0.1, 0.15) is 0 Å². The van der Waals surface area contributed by atoms with E-state index in [1.54, 1.807) is 24.3 Å². The van der Waals surface area contributed by atoms with Gasteiger partial charge in [-0.3, -0.25) is 14.4 Å². The minimum atomic E-state index is -0.744. The molecule has 3 N–H and O–H groups in total. The van der Waals surface area contributed by atoms with Crippen LogP contribution in [0.25, 0.3) is 11.0 Å². The highest BCUT2D eigenvalue weighted by Gasteiger charge is 2.09. The van der Waals surface area contributed by atoms with Crippen LogP contribution in [0.3, 0.4) is 0 Å². The zero-order valence-electron chi connectivity index (χ0n) is 10.1. The standard InChI is InChI=1S/C13H9N3O4/c17-11(10-2-1-5-20-10)14-7-3-4-8-9(6-7)16-13(19)12(18)15-8/h1-6H,(H,14,17)(H,15,18)(H,16,19). The third-order valence-electron chi connectivity index (χ3n) is 2.73. The van der Waals surface area contributed by atoms with Crippen LogP contribution >= 0.6 is 0 Å². The van der Waals surface area contributed by atoms with Gasteiger partial charge in [0.15, 0.2) is 5.76 Å². The van der Waals surface area contributed by atoms with E-state index < -0.39 is 17.0 Å². The topological polar surface area (TPSA) is 108 Å². The van der Waals surface area contributed by atoms with Crippen LogP contribution in [-0.2, 0) is 0 Å². The lowest BCUT2D eigenvalue weighted by Crippen LogP contribution is -2.28. The van der Waals surface area contributed by atoms with E-state index in [4.69, 9.17) is 4.42 Å². The van der Waals surface area contributed by atoms with E-state index in [1.807, 2.05) is 0 Å². The van der Waals surface area contributed by atoms with Gasteiger partial charge in [-0.1, -0.05) is 0 Å². The van der Waals surface area contributed by atoms with Gasteiger partial charge in [-0.05, 0) is 30.3 Å². The summed E-state index contributed by atoms with van der Waals surface area (Å²) in [5.41, 5.74) is -0.0871. The molecule has 0 spiro atoms. The Morgan fingerprint density at radius 2 is 1.80 bits per heavy atom. The highest BCUT2D eigenvalue weighted by atomic mass is 16.3. The maximum absolute atomic E-state index is 11.8. The van der Waals surface area contributed by atoms with Gasteiger partial charge in [0.25, 0.3) is 5.91 Å². The van der Waals surface area contributed by atoms with Gasteiger partial charge in [-0.2, -0.15) is 0 Å². The molecular formula is C13H9N3O4. The second kappa shape index (κ2) is 4.54. The quantitative estimate of drug-likeness (QED) is 0.605. The second-order valence-electron chi connectivity index (χ2n) is 4.10. The Hall–Kier alpha value is -3.09. The van der Waals surface area contributed by atoms with Crippen LogP contribution in [0.15, 0.2) is 50.6 Å². The number of anilines is 1. The molecule has 2 heterocycles. The molecule has 2 aromatic heterocycles. The first-order valence-corrected chi connectivity index (χ1v) is 5.75. The first-order chi connectivity index (χ1) is 9.63. The van der Waals surface area contributed by atoms with Crippen molar-refractivity contribution in [3.05, 3.63) is 63.1 Å². The number of rotatable bonds is 2. The van der Waals surface area contributed by atoms with Crippen molar-refractivity contribution in [3.8, 4) is 0 Å². The summed E-state index contributed by atoms with van der Waals surface area (Å²) in [5.74, 6) is -0.221. The van der Waals surface area contributed by atoms with Crippen molar-refractivity contribution in [3.63, 3.8) is 0 Å². The Bertz CT molecular complexity index is 890. The van der Waals surface area contributed by atoms with Crippen LogP contribution in [0.4, 0.5) is 5.69 Å². The number of carbonyl (C=O) groups is 1. The van der Waals surface area contributed by atoms with Crippen molar-refractivity contribution in [2.75, 3.05) is 5.32 Å². The maximum atomic E-state index is 11.8. The van der Waals surface area contributed by atoms with Gasteiger partial charge in [0.05, 0.1) is 17.3 Å². The van der Waals surface area contributed by atoms with Crippen molar-refractivity contribution in [2.45, 2.75) is 0 Å². The number of benzene rings is 1. The molecule has 0 aliphatic carbocycles. The smallest absolute Gasteiger partial charge is 0.314 e. The Morgan fingerprint density at radius 3 is 2.50 bits per heavy atom. The Labute approximate surface area is 111 Å². The molecule has 0 bridgehead atoms. The monoisotopic (exact) mass is 271 g/mol. The van der Waals surface area contributed by atoms with E-state index in [1.165, 1.54) is 12.3 Å². The van der Waals surface area contributed by atoms with Gasteiger partial charge in [-0.15, -0.1) is 0 Å². The molecule has 0 radical (unpaired) electrons. The van der Waals surface area contributed by atoms with Crippen LogP contribution < -0.4 is 16.4 Å². The van der Waals surface area contributed by atoms with E-state index in [-0.39, 0.29) is 5.76 Å². The van der Waals surface area contributed by atoms with E-state index >= 15 is 0 Å². The first-order valence-electron chi connectivity index (χ1n) is 5.75. The molecule has 100 valence electrons. The Morgan fingerprint density at radius 1 is 1.05 bits per heavy atom. The summed E-state index contributed by atoms with van der Waals surface area (Å²) in [6.07, 6.45) is 1.40. The average molecular weight is 271 g/mol. The fourth-order valence-corrected chi connectivity index (χ4v) is 1.79. The fourth-order valence-electron chi connectivity index (χ4n) is 1.79. The number of aromatic nitrogens is 2. The molecule has 7 nitrogen and oxygen atoms in total. The Kier molecular flexibility index (Phi) is 2.72. The summed E-state index contributed by atoms with van der Waals surface area (Å²) in [7, 11) is 0. The minimum Gasteiger partial charge on any atom is -0.459 e. The lowest BCUT2D eigenvalue weighted by molar-refractivity contribution is 0.0996. The number of aromatic amines is 2. The van der Waals surface area contributed by atoms with Crippen LogP contribution in [0, 0.1) is 0 Å². The van der Waals surface area contributed by atoms with Crippen LogP contribution in [0.1, 0.15) is 10.6 Å². The fraction of sp³-hybridized carbons (Fsp3) is 0. The number of fused-ring (bicyclic) bond motifs is 1. The third-order valence-corrected chi connectivity index (χ3v) is 2.73. The summed E-state index contributed by atoms with van der Waals surface area (Å²) in [5, 5.41) is 2.62. The summed E-state index contributed by atoms with van der Waals surface area (Å²) >= 11 is 0.